The number of hydrogen-bond donors (Lipinski definition) is 1. The third-order valence-corrected chi connectivity index (χ3v) is 4.15. The van der Waals surface area contributed by atoms with Crippen LogP contribution < -0.4 is 5.32 Å². The largest absolute Gasteiger partial charge is 0.448 e. The molecule has 2 heterocycles. The molecule has 1 N–H and O–H groups in total. The van der Waals surface area contributed by atoms with Crippen molar-refractivity contribution in [2.24, 2.45) is 0 Å². The number of thiophene rings is 1. The predicted octanol–water partition coefficient (Wildman–Crippen LogP) is 4.27. The van der Waals surface area contributed by atoms with E-state index in [1.807, 2.05) is 20.0 Å². The topological polar surface area (TPSA) is 25.2 Å². The van der Waals surface area contributed by atoms with Crippen LogP contribution in [0.15, 0.2) is 22.6 Å². The van der Waals surface area contributed by atoms with Crippen LogP contribution in [0, 0.1) is 6.92 Å². The van der Waals surface area contributed by atoms with E-state index in [1.165, 1.54) is 0 Å². The molecule has 5 heteroatoms. The zero-order valence-corrected chi connectivity index (χ0v) is 11.2. The third kappa shape index (κ3) is 2.28. The molecule has 2 nitrogen and oxygen atoms in total. The van der Waals surface area contributed by atoms with Gasteiger partial charge in [-0.25, -0.2) is 0 Å². The summed E-state index contributed by atoms with van der Waals surface area (Å²) in [5.41, 5.74) is 1.08. The molecule has 2 aromatic rings. The van der Waals surface area contributed by atoms with Crippen molar-refractivity contribution < 1.29 is 4.42 Å². The van der Waals surface area contributed by atoms with Crippen molar-refractivity contribution in [1.82, 2.24) is 5.32 Å². The highest BCUT2D eigenvalue weighted by atomic mass is 35.5. The van der Waals surface area contributed by atoms with E-state index >= 15 is 0 Å². The van der Waals surface area contributed by atoms with Gasteiger partial charge in [-0.2, -0.15) is 0 Å². The molecule has 0 bridgehead atoms. The maximum Gasteiger partial charge on any atom is 0.193 e. The van der Waals surface area contributed by atoms with Crippen molar-refractivity contribution in [1.29, 1.82) is 0 Å². The standard InChI is InChI=1S/C11H11Cl2NOS/c1-6-5-8(16-11(6)13)10(14-2)7-3-4-9(12)15-7/h3-5,10,14H,1-2H3. The Bertz CT molecular complexity index is 472. The van der Waals surface area contributed by atoms with Crippen LogP contribution in [-0.2, 0) is 0 Å². The van der Waals surface area contributed by atoms with E-state index in [0.29, 0.717) is 5.22 Å². The second kappa shape index (κ2) is 4.80. The normalized spacial score (nSPS) is 13.0. The average molecular weight is 276 g/mol. The fraction of sp³-hybridized carbons (Fsp3) is 0.273. The van der Waals surface area contributed by atoms with Crippen molar-refractivity contribution in [2.75, 3.05) is 7.05 Å². The summed E-state index contributed by atoms with van der Waals surface area (Å²) in [7, 11) is 1.88. The van der Waals surface area contributed by atoms with Crippen LogP contribution in [0.25, 0.3) is 0 Å². The van der Waals surface area contributed by atoms with E-state index in [1.54, 1.807) is 17.4 Å². The van der Waals surface area contributed by atoms with Crippen LogP contribution in [0.3, 0.4) is 0 Å². The van der Waals surface area contributed by atoms with E-state index in [0.717, 1.165) is 20.5 Å². The smallest absolute Gasteiger partial charge is 0.193 e. The number of furan rings is 1. The summed E-state index contributed by atoms with van der Waals surface area (Å²) in [5.74, 6) is 0.797. The lowest BCUT2D eigenvalue weighted by Gasteiger charge is -2.10. The first-order valence-electron chi connectivity index (χ1n) is 4.80. The van der Waals surface area contributed by atoms with Crippen molar-refractivity contribution in [3.05, 3.63) is 44.0 Å². The molecule has 0 aliphatic carbocycles. The van der Waals surface area contributed by atoms with Gasteiger partial charge in [-0.1, -0.05) is 11.6 Å². The van der Waals surface area contributed by atoms with Gasteiger partial charge < -0.3 is 9.73 Å². The molecule has 0 aliphatic rings. The molecular formula is C11H11Cl2NOS. The summed E-state index contributed by atoms with van der Waals surface area (Å²) in [4.78, 5) is 1.12. The number of halogens is 2. The molecule has 0 saturated heterocycles. The minimum atomic E-state index is 0.00343. The zero-order valence-electron chi connectivity index (χ0n) is 8.88. The van der Waals surface area contributed by atoms with Gasteiger partial charge in [0.15, 0.2) is 5.22 Å². The Hall–Kier alpha value is -0.480. The Balaban J connectivity index is 2.36. The molecule has 16 heavy (non-hydrogen) atoms. The lowest BCUT2D eigenvalue weighted by atomic mass is 10.2. The molecule has 2 rings (SSSR count). The van der Waals surface area contributed by atoms with Gasteiger partial charge in [0.2, 0.25) is 0 Å². The maximum absolute atomic E-state index is 6.06. The van der Waals surface area contributed by atoms with Crippen molar-refractivity contribution in [2.45, 2.75) is 13.0 Å². The molecule has 0 fully saturated rings. The Morgan fingerprint density at radius 1 is 1.38 bits per heavy atom. The molecule has 86 valence electrons. The summed E-state index contributed by atoms with van der Waals surface area (Å²) >= 11 is 13.4. The van der Waals surface area contributed by atoms with Crippen LogP contribution in [0.5, 0.6) is 0 Å². The number of hydrogen-bond acceptors (Lipinski definition) is 3. The van der Waals surface area contributed by atoms with Crippen LogP contribution in [0.1, 0.15) is 22.2 Å². The molecule has 0 spiro atoms. The van der Waals surface area contributed by atoms with Gasteiger partial charge >= 0.3 is 0 Å². The molecule has 0 aromatic carbocycles. The molecule has 0 aliphatic heterocycles. The van der Waals surface area contributed by atoms with Crippen LogP contribution >= 0.6 is 34.5 Å². The van der Waals surface area contributed by atoms with Gasteiger partial charge in [0.1, 0.15) is 11.8 Å². The summed E-state index contributed by atoms with van der Waals surface area (Å²) in [6, 6.07) is 5.67. The van der Waals surface area contributed by atoms with E-state index in [2.05, 4.69) is 11.4 Å². The second-order valence-corrected chi connectivity index (χ2v) is 5.53. The quantitative estimate of drug-likeness (QED) is 0.905. The van der Waals surface area contributed by atoms with E-state index in [9.17, 15) is 0 Å². The van der Waals surface area contributed by atoms with Gasteiger partial charge in [0.25, 0.3) is 0 Å². The van der Waals surface area contributed by atoms with E-state index in [-0.39, 0.29) is 6.04 Å². The summed E-state index contributed by atoms with van der Waals surface area (Å²) in [5, 5.41) is 3.59. The monoisotopic (exact) mass is 275 g/mol. The Labute approximate surface area is 108 Å². The highest BCUT2D eigenvalue weighted by Gasteiger charge is 2.18. The minimum Gasteiger partial charge on any atom is -0.448 e. The first-order chi connectivity index (χ1) is 7.61. The fourth-order valence-corrected chi connectivity index (χ4v) is 3.02. The van der Waals surface area contributed by atoms with E-state index < -0.39 is 0 Å². The van der Waals surface area contributed by atoms with Crippen molar-refractivity contribution >= 4 is 34.5 Å². The molecule has 2 aromatic heterocycles. The molecule has 0 saturated carbocycles. The SMILES string of the molecule is CNC(c1ccc(Cl)o1)c1cc(C)c(Cl)s1. The minimum absolute atomic E-state index is 0.00343. The zero-order chi connectivity index (χ0) is 11.7. The third-order valence-electron chi connectivity index (χ3n) is 2.33. The first kappa shape index (κ1) is 12.0. The molecule has 0 amide bonds. The Morgan fingerprint density at radius 2 is 2.12 bits per heavy atom. The maximum atomic E-state index is 6.06. The molecule has 0 radical (unpaired) electrons. The highest BCUT2D eigenvalue weighted by Crippen LogP contribution is 2.34. The van der Waals surface area contributed by atoms with Gasteiger partial charge in [0.05, 0.1) is 4.34 Å². The summed E-state index contributed by atoms with van der Waals surface area (Å²) in [6.45, 7) is 1.99. The Kier molecular flexibility index (Phi) is 3.60. The second-order valence-electron chi connectivity index (χ2n) is 3.47. The van der Waals surface area contributed by atoms with Crippen LogP contribution in [0.4, 0.5) is 0 Å². The van der Waals surface area contributed by atoms with Crippen LogP contribution in [0.2, 0.25) is 9.56 Å². The van der Waals surface area contributed by atoms with Gasteiger partial charge in [-0.3, -0.25) is 0 Å². The lowest BCUT2D eigenvalue weighted by molar-refractivity contribution is 0.468. The van der Waals surface area contributed by atoms with E-state index in [4.69, 9.17) is 27.6 Å². The summed E-state index contributed by atoms with van der Waals surface area (Å²) < 4.78 is 6.22. The lowest BCUT2D eigenvalue weighted by Crippen LogP contribution is -2.15. The van der Waals surface area contributed by atoms with Gasteiger partial charge in [-0.05, 0) is 49.3 Å². The predicted molar refractivity (Wildman–Crippen MR) is 68.7 cm³/mol. The number of rotatable bonds is 3. The van der Waals surface area contributed by atoms with Crippen molar-refractivity contribution in [3.63, 3.8) is 0 Å². The first-order valence-corrected chi connectivity index (χ1v) is 6.37. The molecule has 1 unspecified atom stereocenters. The van der Waals surface area contributed by atoms with Crippen molar-refractivity contribution in [3.8, 4) is 0 Å². The molecule has 1 atom stereocenters. The number of aryl methyl sites for hydroxylation is 1. The molecular weight excluding hydrogens is 265 g/mol. The average Bonchev–Trinajstić information content (AvgIpc) is 2.77. The van der Waals surface area contributed by atoms with Gasteiger partial charge in [0, 0.05) is 4.88 Å². The highest BCUT2D eigenvalue weighted by molar-refractivity contribution is 7.16. The number of nitrogens with one attached hydrogen (secondary N) is 1. The summed E-state index contributed by atoms with van der Waals surface area (Å²) in [6.07, 6.45) is 0. The van der Waals surface area contributed by atoms with Crippen LogP contribution in [-0.4, -0.2) is 7.05 Å². The fourth-order valence-electron chi connectivity index (χ4n) is 1.53. The Morgan fingerprint density at radius 3 is 2.56 bits per heavy atom. The van der Waals surface area contributed by atoms with Gasteiger partial charge in [-0.15, -0.1) is 11.3 Å².